The molecule has 0 saturated carbocycles. The van der Waals surface area contributed by atoms with Gasteiger partial charge in [0.2, 0.25) is 0 Å². The predicted octanol–water partition coefficient (Wildman–Crippen LogP) is 3.12. The zero-order valence-electron chi connectivity index (χ0n) is 23.5. The van der Waals surface area contributed by atoms with E-state index in [2.05, 4.69) is 67.5 Å². The summed E-state index contributed by atoms with van der Waals surface area (Å²) >= 11 is 0. The van der Waals surface area contributed by atoms with Crippen LogP contribution in [-0.4, -0.2) is 74.5 Å². The van der Waals surface area contributed by atoms with Gasteiger partial charge < -0.3 is 34.0 Å². The van der Waals surface area contributed by atoms with Gasteiger partial charge in [-0.2, -0.15) is 0 Å². The molecule has 0 fully saturated rings. The van der Waals surface area contributed by atoms with Crippen molar-refractivity contribution in [3.8, 4) is 5.82 Å². The molecule has 0 spiro atoms. The first-order valence-electron chi connectivity index (χ1n) is 13.2. The minimum Gasteiger partial charge on any atom is -0.481 e. The first-order valence-corrected chi connectivity index (χ1v) is 13.2. The smallest absolute Gasteiger partial charge is 0.336 e. The number of carboxylic acid groups (broad SMARTS) is 3. The van der Waals surface area contributed by atoms with Gasteiger partial charge in [-0.05, 0) is 56.2 Å². The number of carboxylic acids is 3. The number of aliphatic carboxylic acids is 3. The molecule has 0 radical (unpaired) electrons. The number of aromatic nitrogens is 4. The van der Waals surface area contributed by atoms with Gasteiger partial charge in [0.25, 0.3) is 0 Å². The van der Waals surface area contributed by atoms with Crippen LogP contribution < -0.4 is 0 Å². The Bertz CT molecular complexity index is 1430. The molecule has 4 aromatic heterocycles. The highest BCUT2D eigenvalue weighted by Crippen LogP contribution is 2.17. The number of hydrogen-bond donors (Lipinski definition) is 4. The van der Waals surface area contributed by atoms with E-state index in [1.165, 1.54) is 5.69 Å². The molecule has 0 aliphatic heterocycles. The SMILES string of the molecule is Cc1ccc(-n2cccc2CN(CCCn2ccnc2)Cc2ccc(C)o2)nc1.O=C(O)CC(O)(CC(=O)O)C(=O)O. The van der Waals surface area contributed by atoms with Gasteiger partial charge in [-0.25, -0.2) is 14.8 Å². The van der Waals surface area contributed by atoms with Crippen LogP contribution in [0.25, 0.3) is 5.82 Å². The molecule has 0 unspecified atom stereocenters. The quantitative estimate of drug-likeness (QED) is 0.171. The van der Waals surface area contributed by atoms with Crippen molar-refractivity contribution in [1.82, 2.24) is 24.0 Å². The van der Waals surface area contributed by atoms with Gasteiger partial charge in [0.15, 0.2) is 5.60 Å². The highest BCUT2D eigenvalue weighted by atomic mass is 16.4. The minimum atomic E-state index is -2.74. The van der Waals surface area contributed by atoms with E-state index in [1.54, 1.807) is 0 Å². The van der Waals surface area contributed by atoms with E-state index >= 15 is 0 Å². The molecule has 0 saturated heterocycles. The van der Waals surface area contributed by atoms with E-state index in [1.807, 2.05) is 37.9 Å². The summed E-state index contributed by atoms with van der Waals surface area (Å²) in [7, 11) is 0. The lowest BCUT2D eigenvalue weighted by Gasteiger charge is -2.22. The fourth-order valence-corrected chi connectivity index (χ4v) is 4.21. The molecule has 0 bridgehead atoms. The largest absolute Gasteiger partial charge is 0.481 e. The van der Waals surface area contributed by atoms with Crippen molar-refractivity contribution in [2.24, 2.45) is 0 Å². The summed E-state index contributed by atoms with van der Waals surface area (Å²) in [6.07, 6.45) is 8.44. The van der Waals surface area contributed by atoms with Gasteiger partial charge in [-0.3, -0.25) is 14.5 Å². The van der Waals surface area contributed by atoms with Crippen LogP contribution in [0.2, 0.25) is 0 Å². The first-order chi connectivity index (χ1) is 19.9. The van der Waals surface area contributed by atoms with Crippen molar-refractivity contribution >= 4 is 17.9 Å². The Hall–Kier alpha value is -4.75. The molecule has 0 aliphatic rings. The highest BCUT2D eigenvalue weighted by molar-refractivity contribution is 5.88. The molecule has 13 heteroatoms. The van der Waals surface area contributed by atoms with Gasteiger partial charge >= 0.3 is 17.9 Å². The van der Waals surface area contributed by atoms with E-state index in [4.69, 9.17) is 24.8 Å². The third-order valence-corrected chi connectivity index (χ3v) is 6.27. The highest BCUT2D eigenvalue weighted by Gasteiger charge is 2.40. The fourth-order valence-electron chi connectivity index (χ4n) is 4.21. The summed E-state index contributed by atoms with van der Waals surface area (Å²) in [5.41, 5.74) is -0.360. The second-order valence-electron chi connectivity index (χ2n) is 9.92. The molecular formula is C29H35N5O8. The van der Waals surface area contributed by atoms with Crippen molar-refractivity contribution in [3.63, 3.8) is 0 Å². The third-order valence-electron chi connectivity index (χ3n) is 6.27. The van der Waals surface area contributed by atoms with Crippen molar-refractivity contribution in [3.05, 3.63) is 90.3 Å². The summed E-state index contributed by atoms with van der Waals surface area (Å²) < 4.78 is 10.1. The number of aryl methyl sites for hydroxylation is 3. The Morgan fingerprint density at radius 2 is 1.71 bits per heavy atom. The average molecular weight is 582 g/mol. The lowest BCUT2D eigenvalue weighted by atomic mass is 9.96. The van der Waals surface area contributed by atoms with E-state index in [9.17, 15) is 14.4 Å². The van der Waals surface area contributed by atoms with Crippen molar-refractivity contribution in [2.75, 3.05) is 6.54 Å². The Labute approximate surface area is 242 Å². The van der Waals surface area contributed by atoms with E-state index in [-0.39, 0.29) is 0 Å². The number of furan rings is 1. The Morgan fingerprint density at radius 1 is 0.976 bits per heavy atom. The molecule has 0 aromatic carbocycles. The normalized spacial score (nSPS) is 11.2. The van der Waals surface area contributed by atoms with Crippen LogP contribution in [0.4, 0.5) is 0 Å². The zero-order valence-corrected chi connectivity index (χ0v) is 23.5. The average Bonchev–Trinajstić information content (AvgIpc) is 3.67. The maximum absolute atomic E-state index is 10.3. The van der Waals surface area contributed by atoms with Crippen LogP contribution in [0.15, 0.2) is 71.9 Å². The second kappa shape index (κ2) is 14.8. The van der Waals surface area contributed by atoms with Crippen LogP contribution in [0.5, 0.6) is 0 Å². The third kappa shape index (κ3) is 9.71. The maximum Gasteiger partial charge on any atom is 0.336 e. The molecule has 0 amide bonds. The lowest BCUT2D eigenvalue weighted by molar-refractivity contribution is -0.170. The topological polar surface area (TPSA) is 184 Å². The Morgan fingerprint density at radius 3 is 2.26 bits per heavy atom. The number of rotatable bonds is 14. The molecular weight excluding hydrogens is 546 g/mol. The van der Waals surface area contributed by atoms with E-state index in [0.717, 1.165) is 55.5 Å². The Balaban J connectivity index is 0.000000316. The number of hydrogen-bond acceptors (Lipinski definition) is 8. The standard InChI is InChI=1S/C23H27N5O.C6H8O7/c1-19-6-9-23(25-15-19)28-13-3-5-21(28)16-27(17-22-8-7-20(2)29-22)12-4-11-26-14-10-24-18-26;7-3(8)1-6(13,5(11)12)2-4(9)10/h3,5-10,13-15,18H,4,11-12,16-17H2,1-2H3;13H,1-2H2,(H,7,8)(H,9,10)(H,11,12). The van der Waals surface area contributed by atoms with Crippen LogP contribution in [0.3, 0.4) is 0 Å². The number of aliphatic hydroxyl groups is 1. The molecule has 0 aliphatic carbocycles. The molecule has 4 rings (SSSR count). The molecule has 224 valence electrons. The number of imidazole rings is 1. The molecule has 4 aromatic rings. The molecule has 4 heterocycles. The monoisotopic (exact) mass is 581 g/mol. The predicted molar refractivity (Wildman–Crippen MR) is 150 cm³/mol. The molecule has 42 heavy (non-hydrogen) atoms. The van der Waals surface area contributed by atoms with Gasteiger partial charge in [0, 0.05) is 50.1 Å². The summed E-state index contributed by atoms with van der Waals surface area (Å²) in [4.78, 5) is 41.6. The van der Waals surface area contributed by atoms with Crippen molar-refractivity contribution < 1.29 is 39.2 Å². The minimum absolute atomic E-state index is 0.782. The molecule has 4 N–H and O–H groups in total. The van der Waals surface area contributed by atoms with Crippen LogP contribution in [0, 0.1) is 13.8 Å². The Kier molecular flexibility index (Phi) is 11.2. The summed E-state index contributed by atoms with van der Waals surface area (Å²) in [5, 5.41) is 33.8. The van der Waals surface area contributed by atoms with Gasteiger partial charge in [0.1, 0.15) is 17.3 Å². The van der Waals surface area contributed by atoms with Gasteiger partial charge in [0.05, 0.1) is 25.7 Å². The van der Waals surface area contributed by atoms with Crippen LogP contribution >= 0.6 is 0 Å². The number of carbonyl (C=O) groups is 3. The van der Waals surface area contributed by atoms with Crippen molar-refractivity contribution in [2.45, 2.75) is 58.3 Å². The number of pyridine rings is 1. The first kappa shape index (κ1) is 31.8. The van der Waals surface area contributed by atoms with E-state index in [0.29, 0.717) is 0 Å². The van der Waals surface area contributed by atoms with Crippen LogP contribution in [-0.2, 0) is 34.0 Å². The lowest BCUT2D eigenvalue weighted by Crippen LogP contribution is -2.42. The number of nitrogens with zero attached hydrogens (tertiary/aromatic N) is 5. The van der Waals surface area contributed by atoms with Crippen LogP contribution in [0.1, 0.15) is 42.0 Å². The van der Waals surface area contributed by atoms with Crippen molar-refractivity contribution in [1.29, 1.82) is 0 Å². The van der Waals surface area contributed by atoms with E-state index < -0.39 is 36.4 Å². The fraction of sp³-hybridized carbons (Fsp3) is 0.345. The summed E-state index contributed by atoms with van der Waals surface area (Å²) in [6, 6.07) is 12.5. The molecule has 0 atom stereocenters. The zero-order chi connectivity index (χ0) is 30.7. The second-order valence-corrected chi connectivity index (χ2v) is 9.92. The maximum atomic E-state index is 10.3. The van der Waals surface area contributed by atoms with Gasteiger partial charge in [-0.1, -0.05) is 6.07 Å². The summed E-state index contributed by atoms with van der Waals surface area (Å²) in [5.74, 6) is -2.13. The molecule has 13 nitrogen and oxygen atoms in total. The van der Waals surface area contributed by atoms with Gasteiger partial charge in [-0.15, -0.1) is 0 Å². The summed E-state index contributed by atoms with van der Waals surface area (Å²) in [6.45, 7) is 7.57.